The minimum absolute atomic E-state index is 0.524. The van der Waals surface area contributed by atoms with E-state index in [9.17, 15) is 5.26 Å². The van der Waals surface area contributed by atoms with Crippen LogP contribution in [0.25, 0.3) is 22.9 Å². The number of benzene rings is 2. The van der Waals surface area contributed by atoms with E-state index in [4.69, 9.17) is 9.47 Å². The first-order valence-corrected chi connectivity index (χ1v) is 8.48. The molecular weight excluding hydrogens is 332 g/mol. The summed E-state index contributed by atoms with van der Waals surface area (Å²) in [5.74, 6) is 1.54. The smallest absolute Gasteiger partial charge is 0.134 e. The highest BCUT2D eigenvalue weighted by molar-refractivity contribution is 7.11. The lowest BCUT2D eigenvalue weighted by Gasteiger charge is -2.04. The molecule has 2 aromatic carbocycles. The Morgan fingerprint density at radius 3 is 2.52 bits per heavy atom. The number of methoxy groups -OCH3 is 2. The first kappa shape index (κ1) is 16.7. The van der Waals surface area contributed by atoms with Crippen LogP contribution >= 0.6 is 11.3 Å². The van der Waals surface area contributed by atoms with Crippen molar-refractivity contribution in [3.05, 3.63) is 64.5 Å². The number of nitriles is 1. The van der Waals surface area contributed by atoms with Crippen LogP contribution in [0.1, 0.15) is 10.6 Å². The number of para-hydroxylation sites is 1. The van der Waals surface area contributed by atoms with Gasteiger partial charge in [-0.25, -0.2) is 4.98 Å². The van der Waals surface area contributed by atoms with E-state index in [0.717, 1.165) is 28.3 Å². The molecule has 3 aromatic rings. The molecule has 5 heteroatoms. The van der Waals surface area contributed by atoms with Crippen molar-refractivity contribution in [2.75, 3.05) is 14.2 Å². The van der Waals surface area contributed by atoms with Crippen molar-refractivity contribution in [1.29, 1.82) is 5.26 Å². The third-order valence-corrected chi connectivity index (χ3v) is 4.54. The second-order valence-electron chi connectivity index (χ2n) is 5.18. The number of nitrogens with zero attached hydrogens (tertiary/aromatic N) is 2. The van der Waals surface area contributed by atoms with Crippen LogP contribution in [0.15, 0.2) is 53.9 Å². The average molecular weight is 348 g/mol. The molecule has 0 amide bonds. The molecule has 0 atom stereocenters. The molecule has 0 spiro atoms. The molecule has 0 aliphatic rings. The standard InChI is InChI=1S/C20H16N2O2S/c1-23-16-9-7-14(8-10-16)11-15(12-21)20-22-18(13-25-20)17-5-3-4-6-19(17)24-2/h3-11,13H,1-2H3. The predicted octanol–water partition coefficient (Wildman–Crippen LogP) is 4.89. The third kappa shape index (κ3) is 3.70. The lowest BCUT2D eigenvalue weighted by Crippen LogP contribution is -1.88. The van der Waals surface area contributed by atoms with Crippen LogP contribution in [0.4, 0.5) is 0 Å². The zero-order chi connectivity index (χ0) is 17.6. The van der Waals surface area contributed by atoms with Crippen LogP contribution in [-0.2, 0) is 0 Å². The summed E-state index contributed by atoms with van der Waals surface area (Å²) < 4.78 is 10.5. The predicted molar refractivity (Wildman–Crippen MR) is 101 cm³/mol. The van der Waals surface area contributed by atoms with Crippen molar-refractivity contribution in [1.82, 2.24) is 4.98 Å². The Balaban J connectivity index is 1.93. The minimum atomic E-state index is 0.524. The van der Waals surface area contributed by atoms with Crippen molar-refractivity contribution in [3.8, 4) is 28.8 Å². The molecule has 4 nitrogen and oxygen atoms in total. The number of hydrogen-bond donors (Lipinski definition) is 0. The van der Waals surface area contributed by atoms with Crippen LogP contribution in [0.3, 0.4) is 0 Å². The number of aromatic nitrogens is 1. The zero-order valence-electron chi connectivity index (χ0n) is 13.9. The molecule has 0 radical (unpaired) electrons. The quantitative estimate of drug-likeness (QED) is 0.616. The van der Waals surface area contributed by atoms with Gasteiger partial charge in [0.2, 0.25) is 0 Å². The molecule has 0 fully saturated rings. The summed E-state index contributed by atoms with van der Waals surface area (Å²) in [7, 11) is 3.26. The summed E-state index contributed by atoms with van der Waals surface area (Å²) in [6, 6.07) is 17.5. The maximum atomic E-state index is 9.52. The second-order valence-corrected chi connectivity index (χ2v) is 6.04. The fraction of sp³-hybridized carbons (Fsp3) is 0.100. The largest absolute Gasteiger partial charge is 0.497 e. The van der Waals surface area contributed by atoms with Gasteiger partial charge < -0.3 is 9.47 Å². The summed E-state index contributed by atoms with van der Waals surface area (Å²) in [4.78, 5) is 4.61. The van der Waals surface area contributed by atoms with E-state index in [1.165, 1.54) is 11.3 Å². The Morgan fingerprint density at radius 2 is 1.84 bits per heavy atom. The molecule has 0 unspecified atom stereocenters. The Kier molecular flexibility index (Phi) is 5.12. The van der Waals surface area contributed by atoms with E-state index < -0.39 is 0 Å². The number of thiazole rings is 1. The topological polar surface area (TPSA) is 55.1 Å². The molecule has 0 saturated heterocycles. The lowest BCUT2D eigenvalue weighted by molar-refractivity contribution is 0.415. The van der Waals surface area contributed by atoms with Crippen molar-refractivity contribution < 1.29 is 9.47 Å². The molecule has 25 heavy (non-hydrogen) atoms. The highest BCUT2D eigenvalue weighted by Gasteiger charge is 2.12. The average Bonchev–Trinajstić information content (AvgIpc) is 3.16. The summed E-state index contributed by atoms with van der Waals surface area (Å²) >= 11 is 1.44. The number of hydrogen-bond acceptors (Lipinski definition) is 5. The first-order chi connectivity index (χ1) is 12.2. The summed E-state index contributed by atoms with van der Waals surface area (Å²) in [5, 5.41) is 12.1. The molecule has 124 valence electrons. The first-order valence-electron chi connectivity index (χ1n) is 7.60. The van der Waals surface area contributed by atoms with Crippen molar-refractivity contribution >= 4 is 23.0 Å². The number of ether oxygens (including phenoxy) is 2. The van der Waals surface area contributed by atoms with E-state index in [1.807, 2.05) is 60.0 Å². The second kappa shape index (κ2) is 7.65. The lowest BCUT2D eigenvalue weighted by atomic mass is 10.1. The van der Waals surface area contributed by atoms with E-state index in [2.05, 4.69) is 11.1 Å². The van der Waals surface area contributed by atoms with Crippen molar-refractivity contribution in [3.63, 3.8) is 0 Å². The fourth-order valence-corrected chi connectivity index (χ4v) is 3.17. The Hall–Kier alpha value is -3.10. The van der Waals surface area contributed by atoms with Crippen LogP contribution < -0.4 is 9.47 Å². The Bertz CT molecular complexity index is 937. The van der Waals surface area contributed by atoms with Crippen LogP contribution in [0, 0.1) is 11.3 Å². The summed E-state index contributed by atoms with van der Waals surface area (Å²) in [6.45, 7) is 0. The van der Waals surface area contributed by atoms with E-state index >= 15 is 0 Å². The SMILES string of the molecule is COc1ccc(C=C(C#N)c2nc(-c3ccccc3OC)cs2)cc1. The zero-order valence-corrected chi connectivity index (χ0v) is 14.7. The van der Waals surface area contributed by atoms with Gasteiger partial charge in [0.1, 0.15) is 22.6 Å². The maximum Gasteiger partial charge on any atom is 0.134 e. The van der Waals surface area contributed by atoms with Gasteiger partial charge in [0.25, 0.3) is 0 Å². The van der Waals surface area contributed by atoms with Crippen LogP contribution in [0.5, 0.6) is 11.5 Å². The molecule has 1 heterocycles. The maximum absolute atomic E-state index is 9.52. The Labute approximate surface area is 150 Å². The molecule has 1 aromatic heterocycles. The highest BCUT2D eigenvalue weighted by Crippen LogP contribution is 2.32. The normalized spacial score (nSPS) is 11.0. The van der Waals surface area contributed by atoms with Gasteiger partial charge in [0, 0.05) is 10.9 Å². The van der Waals surface area contributed by atoms with Crippen molar-refractivity contribution in [2.24, 2.45) is 0 Å². The van der Waals surface area contributed by atoms with Gasteiger partial charge in [-0.1, -0.05) is 24.3 Å². The molecule has 0 N–H and O–H groups in total. The molecule has 0 aliphatic heterocycles. The highest BCUT2D eigenvalue weighted by atomic mass is 32.1. The van der Waals surface area contributed by atoms with Crippen LogP contribution in [-0.4, -0.2) is 19.2 Å². The van der Waals surface area contributed by atoms with Gasteiger partial charge in [0.15, 0.2) is 0 Å². The molecule has 3 rings (SSSR count). The number of allylic oxidation sites excluding steroid dienone is 1. The summed E-state index contributed by atoms with van der Waals surface area (Å²) in [6.07, 6.45) is 1.82. The molecular formula is C20H16N2O2S. The van der Waals surface area contributed by atoms with E-state index in [1.54, 1.807) is 14.2 Å². The van der Waals surface area contributed by atoms with Gasteiger partial charge in [-0.05, 0) is 35.9 Å². The summed E-state index contributed by atoms with van der Waals surface area (Å²) in [5.41, 5.74) is 3.16. The van der Waals surface area contributed by atoms with Gasteiger partial charge >= 0.3 is 0 Å². The number of rotatable bonds is 5. The van der Waals surface area contributed by atoms with Crippen molar-refractivity contribution in [2.45, 2.75) is 0 Å². The van der Waals surface area contributed by atoms with Gasteiger partial charge in [-0.3, -0.25) is 0 Å². The minimum Gasteiger partial charge on any atom is -0.497 e. The van der Waals surface area contributed by atoms with Gasteiger partial charge in [-0.2, -0.15) is 5.26 Å². The third-order valence-electron chi connectivity index (χ3n) is 3.66. The van der Waals surface area contributed by atoms with Gasteiger partial charge in [0.05, 0.1) is 25.5 Å². The van der Waals surface area contributed by atoms with Gasteiger partial charge in [-0.15, -0.1) is 11.3 Å². The molecule has 0 saturated carbocycles. The Morgan fingerprint density at radius 1 is 1.08 bits per heavy atom. The monoisotopic (exact) mass is 348 g/mol. The molecule has 0 bridgehead atoms. The molecule has 0 aliphatic carbocycles. The van der Waals surface area contributed by atoms with E-state index in [0.29, 0.717) is 10.6 Å². The van der Waals surface area contributed by atoms with E-state index in [-0.39, 0.29) is 0 Å². The fourth-order valence-electron chi connectivity index (χ4n) is 2.39. The van der Waals surface area contributed by atoms with Crippen LogP contribution in [0.2, 0.25) is 0 Å².